The summed E-state index contributed by atoms with van der Waals surface area (Å²) in [7, 11) is 1.68. The van der Waals surface area contributed by atoms with Crippen molar-refractivity contribution < 1.29 is 9.53 Å². The first-order valence-corrected chi connectivity index (χ1v) is 9.67. The fourth-order valence-electron chi connectivity index (χ4n) is 4.12. The number of amides is 1. The molecule has 1 aliphatic rings. The van der Waals surface area contributed by atoms with Crippen molar-refractivity contribution in [2.45, 2.75) is 32.9 Å². The molecule has 2 N–H and O–H groups in total. The molecule has 0 radical (unpaired) electrons. The van der Waals surface area contributed by atoms with Crippen LogP contribution in [-0.4, -0.2) is 33.8 Å². The van der Waals surface area contributed by atoms with Gasteiger partial charge in [0.25, 0.3) is 5.91 Å². The lowest BCUT2D eigenvalue weighted by molar-refractivity contribution is 0.0598. The molecule has 0 bridgehead atoms. The standard InChI is InChI=1S/C22H26N4O2/c1-14(2)21-18-6-5-17(28-3)10-16(18)8-9-26(21)22(27)19-13-25-12-15(11-23)4-7-20(25)24-19/h4-7,10,12-14,21H,8-9,11,23H2,1-3H3. The molecule has 3 heterocycles. The topological polar surface area (TPSA) is 72.9 Å². The van der Waals surface area contributed by atoms with Crippen molar-refractivity contribution in [2.75, 3.05) is 13.7 Å². The minimum absolute atomic E-state index is 0.0200. The zero-order valence-electron chi connectivity index (χ0n) is 16.6. The maximum Gasteiger partial charge on any atom is 0.274 e. The maximum absolute atomic E-state index is 13.4. The molecule has 0 spiro atoms. The van der Waals surface area contributed by atoms with Gasteiger partial charge in [0, 0.05) is 25.5 Å². The highest BCUT2D eigenvalue weighted by molar-refractivity contribution is 5.93. The molecule has 0 saturated carbocycles. The third-order valence-electron chi connectivity index (χ3n) is 5.49. The van der Waals surface area contributed by atoms with Crippen molar-refractivity contribution in [3.05, 3.63) is 65.1 Å². The van der Waals surface area contributed by atoms with E-state index < -0.39 is 0 Å². The molecule has 6 heteroatoms. The second-order valence-corrected chi connectivity index (χ2v) is 7.64. The van der Waals surface area contributed by atoms with E-state index in [1.165, 1.54) is 11.1 Å². The summed E-state index contributed by atoms with van der Waals surface area (Å²) >= 11 is 0. The number of nitrogens with two attached hydrogens (primary N) is 1. The minimum Gasteiger partial charge on any atom is -0.497 e. The number of rotatable bonds is 4. The van der Waals surface area contributed by atoms with Gasteiger partial charge in [0.2, 0.25) is 0 Å². The number of nitrogens with zero attached hydrogens (tertiary/aromatic N) is 3. The molecule has 1 amide bonds. The second kappa shape index (κ2) is 7.28. The van der Waals surface area contributed by atoms with Gasteiger partial charge in [-0.1, -0.05) is 26.0 Å². The van der Waals surface area contributed by atoms with E-state index in [4.69, 9.17) is 10.5 Å². The Bertz CT molecular complexity index is 1020. The average molecular weight is 378 g/mol. The summed E-state index contributed by atoms with van der Waals surface area (Å²) in [4.78, 5) is 19.9. The molecule has 28 heavy (non-hydrogen) atoms. The zero-order valence-corrected chi connectivity index (χ0v) is 16.6. The van der Waals surface area contributed by atoms with Crippen molar-refractivity contribution in [2.24, 2.45) is 11.7 Å². The number of imidazole rings is 1. The predicted octanol–water partition coefficient (Wildman–Crippen LogP) is 3.20. The van der Waals surface area contributed by atoms with E-state index in [0.29, 0.717) is 18.8 Å². The summed E-state index contributed by atoms with van der Waals surface area (Å²) in [6.45, 7) is 5.44. The molecule has 2 aromatic heterocycles. The average Bonchev–Trinajstić information content (AvgIpc) is 3.14. The molecule has 0 aliphatic carbocycles. The lowest BCUT2D eigenvalue weighted by Crippen LogP contribution is -2.42. The van der Waals surface area contributed by atoms with E-state index in [1.807, 2.05) is 33.7 Å². The third-order valence-corrected chi connectivity index (χ3v) is 5.49. The molecular formula is C22H26N4O2. The summed E-state index contributed by atoms with van der Waals surface area (Å²) in [5.74, 6) is 1.12. The van der Waals surface area contributed by atoms with Crippen LogP contribution in [0.1, 0.15) is 47.1 Å². The first kappa shape index (κ1) is 18.5. The van der Waals surface area contributed by atoms with E-state index >= 15 is 0 Å². The van der Waals surface area contributed by atoms with Gasteiger partial charge in [0.05, 0.1) is 13.2 Å². The molecule has 146 valence electrons. The van der Waals surface area contributed by atoms with Gasteiger partial charge in [0.1, 0.15) is 17.1 Å². The van der Waals surface area contributed by atoms with Crippen LogP contribution in [0.2, 0.25) is 0 Å². The fraction of sp³-hybridized carbons (Fsp3) is 0.364. The molecule has 3 aromatic rings. The van der Waals surface area contributed by atoms with Crippen LogP contribution < -0.4 is 10.5 Å². The Morgan fingerprint density at radius 3 is 2.82 bits per heavy atom. The van der Waals surface area contributed by atoms with E-state index in [1.54, 1.807) is 13.3 Å². The highest BCUT2D eigenvalue weighted by atomic mass is 16.5. The van der Waals surface area contributed by atoms with Crippen molar-refractivity contribution in [1.29, 1.82) is 0 Å². The summed E-state index contributed by atoms with van der Waals surface area (Å²) in [6, 6.07) is 10.0. The number of hydrogen-bond acceptors (Lipinski definition) is 4. The molecular weight excluding hydrogens is 352 g/mol. The van der Waals surface area contributed by atoms with Gasteiger partial charge in [-0.15, -0.1) is 0 Å². The van der Waals surface area contributed by atoms with Crippen molar-refractivity contribution in [3.8, 4) is 5.75 Å². The Balaban J connectivity index is 1.70. The van der Waals surface area contributed by atoms with Crippen LogP contribution >= 0.6 is 0 Å². The summed E-state index contributed by atoms with van der Waals surface area (Å²) in [6.07, 6.45) is 4.54. The lowest BCUT2D eigenvalue weighted by Gasteiger charge is -2.39. The number of carbonyl (C=O) groups is 1. The van der Waals surface area contributed by atoms with Crippen LogP contribution in [0.4, 0.5) is 0 Å². The number of methoxy groups -OCH3 is 1. The van der Waals surface area contributed by atoms with Gasteiger partial charge in [-0.25, -0.2) is 4.98 Å². The number of carbonyl (C=O) groups excluding carboxylic acids is 1. The molecule has 1 aromatic carbocycles. The summed E-state index contributed by atoms with van der Waals surface area (Å²) in [5, 5.41) is 0. The third kappa shape index (κ3) is 3.14. The van der Waals surface area contributed by atoms with Crippen molar-refractivity contribution in [1.82, 2.24) is 14.3 Å². The Kier molecular flexibility index (Phi) is 4.81. The van der Waals surface area contributed by atoms with Crippen molar-refractivity contribution in [3.63, 3.8) is 0 Å². The normalized spacial score (nSPS) is 16.5. The number of pyridine rings is 1. The Morgan fingerprint density at radius 2 is 2.11 bits per heavy atom. The van der Waals surface area contributed by atoms with Gasteiger partial charge in [0.15, 0.2) is 0 Å². The van der Waals surface area contributed by atoms with Crippen LogP contribution in [0.5, 0.6) is 5.75 Å². The predicted molar refractivity (Wildman–Crippen MR) is 108 cm³/mol. The highest BCUT2D eigenvalue weighted by Gasteiger charge is 2.34. The Labute approximate surface area is 164 Å². The molecule has 4 rings (SSSR count). The van der Waals surface area contributed by atoms with Crippen LogP contribution in [0, 0.1) is 5.92 Å². The van der Waals surface area contributed by atoms with E-state index in [9.17, 15) is 4.79 Å². The number of hydrogen-bond donors (Lipinski definition) is 1. The molecule has 0 saturated heterocycles. The van der Waals surface area contributed by atoms with E-state index in [2.05, 4.69) is 31.0 Å². The number of fused-ring (bicyclic) bond motifs is 2. The lowest BCUT2D eigenvalue weighted by atomic mass is 9.86. The Morgan fingerprint density at radius 1 is 1.29 bits per heavy atom. The molecule has 0 fully saturated rings. The molecule has 1 aliphatic heterocycles. The van der Waals surface area contributed by atoms with Crippen LogP contribution in [0.15, 0.2) is 42.7 Å². The number of ether oxygens (including phenoxy) is 1. The van der Waals surface area contributed by atoms with Gasteiger partial charge in [-0.3, -0.25) is 4.79 Å². The van der Waals surface area contributed by atoms with Crippen LogP contribution in [-0.2, 0) is 13.0 Å². The monoisotopic (exact) mass is 378 g/mol. The number of aromatic nitrogens is 2. The van der Waals surface area contributed by atoms with Gasteiger partial charge in [-0.05, 0) is 47.2 Å². The molecule has 6 nitrogen and oxygen atoms in total. The van der Waals surface area contributed by atoms with E-state index in [-0.39, 0.29) is 17.9 Å². The Hall–Kier alpha value is -2.86. The first-order chi connectivity index (χ1) is 13.5. The fourth-order valence-corrected chi connectivity index (χ4v) is 4.12. The molecule has 1 atom stereocenters. The summed E-state index contributed by atoms with van der Waals surface area (Å²) in [5.41, 5.74) is 10.4. The van der Waals surface area contributed by atoms with E-state index in [0.717, 1.165) is 23.4 Å². The summed E-state index contributed by atoms with van der Waals surface area (Å²) < 4.78 is 7.25. The van der Waals surface area contributed by atoms with Gasteiger partial charge in [-0.2, -0.15) is 0 Å². The quantitative estimate of drug-likeness (QED) is 0.757. The van der Waals surface area contributed by atoms with Crippen molar-refractivity contribution >= 4 is 11.6 Å². The van der Waals surface area contributed by atoms with Crippen LogP contribution in [0.25, 0.3) is 5.65 Å². The smallest absolute Gasteiger partial charge is 0.274 e. The maximum atomic E-state index is 13.4. The van der Waals surface area contributed by atoms with Gasteiger partial charge >= 0.3 is 0 Å². The zero-order chi connectivity index (χ0) is 19.8. The molecule has 1 unspecified atom stereocenters. The first-order valence-electron chi connectivity index (χ1n) is 9.67. The van der Waals surface area contributed by atoms with Gasteiger partial charge < -0.3 is 19.8 Å². The largest absolute Gasteiger partial charge is 0.497 e. The highest BCUT2D eigenvalue weighted by Crippen LogP contribution is 2.37. The SMILES string of the molecule is COc1ccc2c(c1)CCN(C(=O)c1cn3cc(CN)ccc3n1)C2C(C)C. The second-order valence-electron chi connectivity index (χ2n) is 7.64. The van der Waals surface area contributed by atoms with Crippen LogP contribution in [0.3, 0.4) is 0 Å². The minimum atomic E-state index is -0.0295. The number of benzene rings is 1.